The lowest BCUT2D eigenvalue weighted by Gasteiger charge is -2.16. The summed E-state index contributed by atoms with van der Waals surface area (Å²) in [5, 5.41) is 14.5. The Balaban J connectivity index is 2.30. The summed E-state index contributed by atoms with van der Waals surface area (Å²) in [5.41, 5.74) is 6.36. The molecule has 1 aromatic carbocycles. The van der Waals surface area contributed by atoms with Gasteiger partial charge in [0.1, 0.15) is 11.9 Å². The first-order valence-electron chi connectivity index (χ1n) is 6.24. The molecule has 0 saturated carbocycles. The fourth-order valence-electron chi connectivity index (χ4n) is 2.09. The molecule has 1 aliphatic rings. The number of methoxy groups -OCH3 is 1. The molecule has 4 N–H and O–H groups in total. The van der Waals surface area contributed by atoms with Gasteiger partial charge < -0.3 is 25.7 Å². The van der Waals surface area contributed by atoms with Crippen LogP contribution < -0.4 is 15.8 Å². The average molecular weight is 279 g/mol. The number of carbonyl (C=O) groups excluding carboxylic acids is 1. The summed E-state index contributed by atoms with van der Waals surface area (Å²) in [6.07, 6.45) is 1.07. The van der Waals surface area contributed by atoms with Crippen LogP contribution in [0.1, 0.15) is 18.4 Å². The summed E-state index contributed by atoms with van der Waals surface area (Å²) >= 11 is 0. The smallest absolute Gasteiger partial charge is 0.253 e. The largest absolute Gasteiger partial charge is 0.495 e. The van der Waals surface area contributed by atoms with Gasteiger partial charge in [0, 0.05) is 12.2 Å². The number of nitrogens with one attached hydrogen (secondary N) is 1. The van der Waals surface area contributed by atoms with Crippen molar-refractivity contribution in [1.29, 1.82) is 0 Å². The lowest BCUT2D eigenvalue weighted by Crippen LogP contribution is -2.28. The van der Waals surface area contributed by atoms with Gasteiger partial charge in [-0.3, -0.25) is 4.79 Å². The Morgan fingerprint density at radius 3 is 3.00 bits per heavy atom. The highest BCUT2D eigenvalue weighted by Gasteiger charge is 2.25. The molecule has 20 heavy (non-hydrogen) atoms. The number of hydrogen-bond donors (Lipinski definition) is 3. The first-order chi connectivity index (χ1) is 9.67. The number of para-hydroxylation sites is 1. The van der Waals surface area contributed by atoms with Crippen molar-refractivity contribution in [3.8, 4) is 5.75 Å². The van der Waals surface area contributed by atoms with Crippen LogP contribution in [-0.2, 0) is 9.53 Å². The van der Waals surface area contributed by atoms with E-state index in [-0.39, 0.29) is 11.7 Å². The van der Waals surface area contributed by atoms with Crippen LogP contribution in [0.5, 0.6) is 5.75 Å². The molecule has 0 aromatic heterocycles. The van der Waals surface area contributed by atoms with Crippen LogP contribution >= 0.6 is 0 Å². The third-order valence-corrected chi connectivity index (χ3v) is 3.10. The second kappa shape index (κ2) is 6.25. The second-order valence-corrected chi connectivity index (χ2v) is 4.36. The molecule has 0 spiro atoms. The van der Waals surface area contributed by atoms with E-state index in [0.29, 0.717) is 30.0 Å². The Labute approximate surface area is 116 Å². The molecule has 1 aliphatic heterocycles. The summed E-state index contributed by atoms with van der Waals surface area (Å²) in [4.78, 5) is 12.1. The Bertz CT molecular complexity index is 524. The summed E-state index contributed by atoms with van der Waals surface area (Å²) in [5.74, 6) is 0.0611. The van der Waals surface area contributed by atoms with Crippen molar-refractivity contribution in [2.75, 3.05) is 19.0 Å². The van der Waals surface area contributed by atoms with Crippen LogP contribution in [-0.4, -0.2) is 36.8 Å². The van der Waals surface area contributed by atoms with E-state index < -0.39 is 6.10 Å². The van der Waals surface area contributed by atoms with Gasteiger partial charge in [-0.05, 0) is 25.0 Å². The minimum atomic E-state index is -0.472. The van der Waals surface area contributed by atoms with E-state index in [2.05, 4.69) is 10.5 Å². The molecule has 7 nitrogen and oxygen atoms in total. The van der Waals surface area contributed by atoms with E-state index >= 15 is 0 Å². The van der Waals surface area contributed by atoms with Crippen LogP contribution in [0.15, 0.2) is 23.4 Å². The van der Waals surface area contributed by atoms with Crippen molar-refractivity contribution >= 4 is 17.4 Å². The van der Waals surface area contributed by atoms with Crippen molar-refractivity contribution in [2.24, 2.45) is 10.9 Å². The molecule has 1 fully saturated rings. The summed E-state index contributed by atoms with van der Waals surface area (Å²) in [6, 6.07) is 5.00. The number of benzene rings is 1. The van der Waals surface area contributed by atoms with E-state index in [0.717, 1.165) is 6.42 Å². The minimum Gasteiger partial charge on any atom is -0.495 e. The molecule has 1 aromatic rings. The van der Waals surface area contributed by atoms with Crippen LogP contribution in [0.3, 0.4) is 0 Å². The van der Waals surface area contributed by atoms with Crippen LogP contribution in [0, 0.1) is 0 Å². The van der Waals surface area contributed by atoms with Crippen molar-refractivity contribution in [3.05, 3.63) is 23.8 Å². The molecule has 108 valence electrons. The molecule has 0 bridgehead atoms. The second-order valence-electron chi connectivity index (χ2n) is 4.36. The van der Waals surface area contributed by atoms with E-state index in [4.69, 9.17) is 20.4 Å². The van der Waals surface area contributed by atoms with Gasteiger partial charge in [-0.2, -0.15) is 0 Å². The molecular formula is C13H17N3O4. The lowest BCUT2D eigenvalue weighted by atomic mass is 10.1. The minimum absolute atomic E-state index is 0.105. The number of amides is 1. The van der Waals surface area contributed by atoms with Crippen LogP contribution in [0.4, 0.5) is 5.69 Å². The zero-order valence-corrected chi connectivity index (χ0v) is 11.1. The van der Waals surface area contributed by atoms with Crippen LogP contribution in [0.25, 0.3) is 0 Å². The average Bonchev–Trinajstić information content (AvgIpc) is 3.01. The van der Waals surface area contributed by atoms with Gasteiger partial charge in [0.05, 0.1) is 12.8 Å². The summed E-state index contributed by atoms with van der Waals surface area (Å²) in [7, 11) is 1.48. The number of oxime groups is 1. The van der Waals surface area contributed by atoms with Gasteiger partial charge >= 0.3 is 0 Å². The van der Waals surface area contributed by atoms with Gasteiger partial charge in [0.15, 0.2) is 5.84 Å². The summed E-state index contributed by atoms with van der Waals surface area (Å²) < 4.78 is 10.5. The summed E-state index contributed by atoms with van der Waals surface area (Å²) in [6.45, 7) is 0.580. The Hall–Kier alpha value is -2.28. The maximum atomic E-state index is 12.1. The monoisotopic (exact) mass is 279 g/mol. The highest BCUT2D eigenvalue weighted by Crippen LogP contribution is 2.29. The molecule has 1 amide bonds. The number of hydrogen-bond acceptors (Lipinski definition) is 5. The Morgan fingerprint density at radius 1 is 1.60 bits per heavy atom. The highest BCUT2D eigenvalue weighted by molar-refractivity contribution is 6.07. The Kier molecular flexibility index (Phi) is 4.41. The SMILES string of the molecule is COc1cccc(/C(N)=N/O)c1NC(=O)C1CCCO1. The third kappa shape index (κ3) is 2.83. The lowest BCUT2D eigenvalue weighted by molar-refractivity contribution is -0.124. The van der Waals surface area contributed by atoms with Crippen LogP contribution in [0.2, 0.25) is 0 Å². The van der Waals surface area contributed by atoms with Crippen molar-refractivity contribution in [1.82, 2.24) is 0 Å². The Morgan fingerprint density at radius 2 is 2.40 bits per heavy atom. The molecule has 7 heteroatoms. The predicted octanol–water partition coefficient (Wildman–Crippen LogP) is 0.907. The van der Waals surface area contributed by atoms with E-state index in [1.54, 1.807) is 18.2 Å². The van der Waals surface area contributed by atoms with Gasteiger partial charge in [-0.15, -0.1) is 0 Å². The van der Waals surface area contributed by atoms with Gasteiger partial charge in [0.25, 0.3) is 5.91 Å². The molecule has 0 aliphatic carbocycles. The molecule has 1 atom stereocenters. The quantitative estimate of drug-likeness (QED) is 0.329. The third-order valence-electron chi connectivity index (χ3n) is 3.10. The first kappa shape index (κ1) is 14.1. The van der Waals surface area contributed by atoms with E-state index in [1.807, 2.05) is 0 Å². The maximum Gasteiger partial charge on any atom is 0.253 e. The number of anilines is 1. The number of rotatable bonds is 4. The van der Waals surface area contributed by atoms with E-state index in [1.165, 1.54) is 7.11 Å². The number of amidine groups is 1. The van der Waals surface area contributed by atoms with E-state index in [9.17, 15) is 4.79 Å². The number of nitrogens with two attached hydrogens (primary N) is 1. The normalized spacial score (nSPS) is 18.9. The first-order valence-corrected chi connectivity index (χ1v) is 6.24. The predicted molar refractivity (Wildman–Crippen MR) is 73.1 cm³/mol. The number of ether oxygens (including phenoxy) is 2. The molecule has 1 unspecified atom stereocenters. The van der Waals surface area contributed by atoms with Gasteiger partial charge in [0.2, 0.25) is 0 Å². The maximum absolute atomic E-state index is 12.1. The van der Waals surface area contributed by atoms with Gasteiger partial charge in [-0.25, -0.2) is 0 Å². The van der Waals surface area contributed by atoms with Gasteiger partial charge in [-0.1, -0.05) is 11.2 Å². The fourth-order valence-corrected chi connectivity index (χ4v) is 2.09. The van der Waals surface area contributed by atoms with Crippen molar-refractivity contribution in [3.63, 3.8) is 0 Å². The molecular weight excluding hydrogens is 262 g/mol. The molecule has 0 radical (unpaired) electrons. The number of carbonyl (C=O) groups is 1. The zero-order valence-electron chi connectivity index (χ0n) is 11.1. The highest BCUT2D eigenvalue weighted by atomic mass is 16.5. The standard InChI is InChI=1S/C13H17N3O4/c1-19-9-5-2-4-8(12(14)16-18)11(9)15-13(17)10-6-3-7-20-10/h2,4-5,10,18H,3,6-7H2,1H3,(H2,14,16)(H,15,17). The molecule has 1 saturated heterocycles. The topological polar surface area (TPSA) is 106 Å². The van der Waals surface area contributed by atoms with Crippen molar-refractivity contribution < 1.29 is 19.5 Å². The number of nitrogens with zero attached hydrogens (tertiary/aromatic N) is 1. The van der Waals surface area contributed by atoms with Crippen molar-refractivity contribution in [2.45, 2.75) is 18.9 Å². The fraction of sp³-hybridized carbons (Fsp3) is 0.385. The molecule has 1 heterocycles. The zero-order chi connectivity index (χ0) is 14.5. The molecule has 2 rings (SSSR count).